The molecule has 2 atom stereocenters. The molecule has 0 spiro atoms. The number of carbonyl (C=O) groups is 1. The van der Waals surface area contributed by atoms with Gasteiger partial charge >= 0.3 is 0 Å². The Morgan fingerprint density at radius 2 is 1.83 bits per heavy atom. The van der Waals surface area contributed by atoms with Gasteiger partial charge in [-0.1, -0.05) is 6.92 Å². The molecular formula is C18H26N2O3. The number of hydrogen-bond acceptors (Lipinski definition) is 4. The zero-order valence-electron chi connectivity index (χ0n) is 13.8. The zero-order valence-corrected chi connectivity index (χ0v) is 13.8. The van der Waals surface area contributed by atoms with Gasteiger partial charge < -0.3 is 19.7 Å². The van der Waals surface area contributed by atoms with Crippen molar-refractivity contribution in [2.75, 3.05) is 26.3 Å². The molecule has 3 rings (SSSR count). The van der Waals surface area contributed by atoms with Gasteiger partial charge in [-0.2, -0.15) is 0 Å². The molecular weight excluding hydrogens is 292 g/mol. The Balaban J connectivity index is 1.46. The molecule has 2 bridgehead atoms. The first kappa shape index (κ1) is 16.1. The van der Waals surface area contributed by atoms with E-state index in [0.29, 0.717) is 24.4 Å². The van der Waals surface area contributed by atoms with Gasteiger partial charge in [0.2, 0.25) is 0 Å². The average molecular weight is 318 g/mol. The van der Waals surface area contributed by atoms with E-state index in [1.54, 1.807) is 0 Å². The van der Waals surface area contributed by atoms with Crippen LogP contribution < -0.4 is 14.8 Å². The van der Waals surface area contributed by atoms with Crippen molar-refractivity contribution in [3.05, 3.63) is 24.3 Å². The Kier molecular flexibility index (Phi) is 5.39. The maximum atomic E-state index is 12.4. The van der Waals surface area contributed by atoms with Gasteiger partial charge in [0.15, 0.2) is 6.61 Å². The highest BCUT2D eigenvalue weighted by atomic mass is 16.5. The highest BCUT2D eigenvalue weighted by Gasteiger charge is 2.31. The summed E-state index contributed by atoms with van der Waals surface area (Å²) >= 11 is 0. The van der Waals surface area contributed by atoms with E-state index < -0.39 is 0 Å². The molecule has 0 aliphatic carbocycles. The van der Waals surface area contributed by atoms with E-state index in [0.717, 1.165) is 31.7 Å². The van der Waals surface area contributed by atoms with Gasteiger partial charge in [-0.15, -0.1) is 0 Å². The van der Waals surface area contributed by atoms with Crippen LogP contribution in [0.3, 0.4) is 0 Å². The van der Waals surface area contributed by atoms with Gasteiger partial charge in [0.1, 0.15) is 11.5 Å². The fourth-order valence-electron chi connectivity index (χ4n) is 3.26. The quantitative estimate of drug-likeness (QED) is 0.874. The standard InChI is InChI=1S/C18H26N2O3/c1-2-11-22-16-5-7-17(8-6-16)23-13-18(21)20-10-9-14-3-4-15(12-20)19-14/h5-8,14-15,19H,2-4,9-13H2,1H3. The largest absolute Gasteiger partial charge is 0.494 e. The molecule has 23 heavy (non-hydrogen) atoms. The smallest absolute Gasteiger partial charge is 0.260 e. The molecule has 5 heteroatoms. The van der Waals surface area contributed by atoms with Gasteiger partial charge in [0.25, 0.3) is 5.91 Å². The first-order valence-corrected chi connectivity index (χ1v) is 8.64. The third-order valence-corrected chi connectivity index (χ3v) is 4.53. The lowest BCUT2D eigenvalue weighted by Crippen LogP contribution is -2.41. The number of rotatable bonds is 6. The number of nitrogens with one attached hydrogen (secondary N) is 1. The van der Waals surface area contributed by atoms with Gasteiger partial charge in [-0.25, -0.2) is 0 Å². The predicted octanol–water partition coefficient (Wildman–Crippen LogP) is 2.21. The second-order valence-electron chi connectivity index (χ2n) is 6.37. The van der Waals surface area contributed by atoms with Crippen molar-refractivity contribution in [2.24, 2.45) is 0 Å². The molecule has 2 fully saturated rings. The van der Waals surface area contributed by atoms with E-state index in [4.69, 9.17) is 9.47 Å². The monoisotopic (exact) mass is 318 g/mol. The Morgan fingerprint density at radius 3 is 2.57 bits per heavy atom. The minimum Gasteiger partial charge on any atom is -0.494 e. The second-order valence-corrected chi connectivity index (χ2v) is 6.37. The number of hydrogen-bond donors (Lipinski definition) is 1. The maximum absolute atomic E-state index is 12.4. The Labute approximate surface area is 137 Å². The minimum atomic E-state index is 0.0747. The zero-order chi connectivity index (χ0) is 16.1. The normalized spacial score (nSPS) is 23.4. The number of nitrogens with zero attached hydrogens (tertiary/aromatic N) is 1. The van der Waals surface area contributed by atoms with E-state index >= 15 is 0 Å². The van der Waals surface area contributed by atoms with Crippen molar-refractivity contribution in [1.82, 2.24) is 10.2 Å². The third-order valence-electron chi connectivity index (χ3n) is 4.53. The number of likely N-dealkylation sites (tertiary alicyclic amines) is 1. The SMILES string of the molecule is CCCOc1ccc(OCC(=O)N2CCC3CCC(C2)N3)cc1. The molecule has 0 saturated carbocycles. The van der Waals surface area contributed by atoms with Crippen LogP contribution in [0.4, 0.5) is 0 Å². The molecule has 0 radical (unpaired) electrons. The highest BCUT2D eigenvalue weighted by Crippen LogP contribution is 2.21. The summed E-state index contributed by atoms with van der Waals surface area (Å²) in [5.74, 6) is 1.61. The van der Waals surface area contributed by atoms with Gasteiger partial charge in [-0.05, 0) is 49.9 Å². The van der Waals surface area contributed by atoms with Crippen LogP contribution in [0.1, 0.15) is 32.6 Å². The van der Waals surface area contributed by atoms with Crippen LogP contribution in [-0.2, 0) is 4.79 Å². The van der Waals surface area contributed by atoms with Crippen molar-refractivity contribution in [2.45, 2.75) is 44.7 Å². The van der Waals surface area contributed by atoms with Gasteiger partial charge in [0, 0.05) is 25.2 Å². The molecule has 1 aromatic carbocycles. The molecule has 126 valence electrons. The molecule has 2 unspecified atom stereocenters. The van der Waals surface area contributed by atoms with Crippen LogP contribution in [0.5, 0.6) is 11.5 Å². The first-order valence-electron chi connectivity index (χ1n) is 8.64. The van der Waals surface area contributed by atoms with Crippen LogP contribution in [0.15, 0.2) is 24.3 Å². The summed E-state index contributed by atoms with van der Waals surface area (Å²) in [6.45, 7) is 4.53. The molecule has 1 N–H and O–H groups in total. The Hall–Kier alpha value is -1.75. The van der Waals surface area contributed by atoms with Gasteiger partial charge in [0.05, 0.1) is 6.61 Å². The predicted molar refractivity (Wildman–Crippen MR) is 88.9 cm³/mol. The first-order chi connectivity index (χ1) is 11.2. The van der Waals surface area contributed by atoms with Crippen molar-refractivity contribution in [3.8, 4) is 11.5 Å². The highest BCUT2D eigenvalue weighted by molar-refractivity contribution is 5.77. The molecule has 0 aromatic heterocycles. The lowest BCUT2D eigenvalue weighted by Gasteiger charge is -2.24. The summed E-state index contributed by atoms with van der Waals surface area (Å²) in [5, 5.41) is 3.59. The van der Waals surface area contributed by atoms with Crippen LogP contribution in [0, 0.1) is 0 Å². The van der Waals surface area contributed by atoms with Crippen molar-refractivity contribution in [3.63, 3.8) is 0 Å². The summed E-state index contributed by atoms with van der Waals surface area (Å²) in [6.07, 6.45) is 4.45. The number of amides is 1. The lowest BCUT2D eigenvalue weighted by molar-refractivity contribution is -0.133. The van der Waals surface area contributed by atoms with Crippen LogP contribution in [0.25, 0.3) is 0 Å². The lowest BCUT2D eigenvalue weighted by atomic mass is 10.1. The minimum absolute atomic E-state index is 0.0747. The van der Waals surface area contributed by atoms with Crippen molar-refractivity contribution in [1.29, 1.82) is 0 Å². The molecule has 2 saturated heterocycles. The molecule has 5 nitrogen and oxygen atoms in total. The van der Waals surface area contributed by atoms with E-state index in [-0.39, 0.29) is 12.5 Å². The number of fused-ring (bicyclic) bond motifs is 2. The fourth-order valence-corrected chi connectivity index (χ4v) is 3.26. The van der Waals surface area contributed by atoms with Crippen LogP contribution in [0.2, 0.25) is 0 Å². The number of benzene rings is 1. The molecule has 1 amide bonds. The van der Waals surface area contributed by atoms with Crippen molar-refractivity contribution >= 4 is 5.91 Å². The van der Waals surface area contributed by atoms with E-state index in [9.17, 15) is 4.79 Å². The third kappa shape index (κ3) is 4.38. The van der Waals surface area contributed by atoms with E-state index in [2.05, 4.69) is 12.2 Å². The van der Waals surface area contributed by atoms with Crippen LogP contribution in [-0.4, -0.2) is 49.2 Å². The molecule has 2 aliphatic rings. The maximum Gasteiger partial charge on any atom is 0.260 e. The van der Waals surface area contributed by atoms with E-state index in [1.807, 2.05) is 29.2 Å². The molecule has 1 aromatic rings. The summed E-state index contributed by atoms with van der Waals surface area (Å²) < 4.78 is 11.2. The van der Waals surface area contributed by atoms with Gasteiger partial charge in [-0.3, -0.25) is 4.79 Å². The Morgan fingerprint density at radius 1 is 1.13 bits per heavy atom. The average Bonchev–Trinajstić information content (AvgIpc) is 2.90. The fraction of sp³-hybridized carbons (Fsp3) is 0.611. The Bertz CT molecular complexity index is 518. The second kappa shape index (κ2) is 7.68. The topological polar surface area (TPSA) is 50.8 Å². The number of carbonyl (C=O) groups excluding carboxylic acids is 1. The number of ether oxygens (including phenoxy) is 2. The summed E-state index contributed by atoms with van der Waals surface area (Å²) in [4.78, 5) is 14.3. The summed E-state index contributed by atoms with van der Waals surface area (Å²) in [7, 11) is 0. The van der Waals surface area contributed by atoms with Crippen LogP contribution >= 0.6 is 0 Å². The molecule has 2 aliphatic heterocycles. The van der Waals surface area contributed by atoms with E-state index in [1.165, 1.54) is 12.8 Å². The van der Waals surface area contributed by atoms with Crippen molar-refractivity contribution < 1.29 is 14.3 Å². The molecule has 2 heterocycles. The summed E-state index contributed by atoms with van der Waals surface area (Å²) in [6, 6.07) is 8.51. The summed E-state index contributed by atoms with van der Waals surface area (Å²) in [5.41, 5.74) is 0.